The summed E-state index contributed by atoms with van der Waals surface area (Å²) in [6.07, 6.45) is 18.5. The molecule has 0 saturated heterocycles. The van der Waals surface area contributed by atoms with Crippen molar-refractivity contribution in [2.45, 2.75) is 99.3 Å². The molecule has 0 saturated carbocycles. The fraction of sp³-hybridized carbons (Fsp3) is 0.390. The number of benzene rings is 3. The molecule has 0 amide bonds. The molecule has 0 aromatic heterocycles. The van der Waals surface area contributed by atoms with Crippen LogP contribution in [0.3, 0.4) is 0 Å². The van der Waals surface area contributed by atoms with E-state index in [9.17, 15) is 0 Å². The zero-order valence-corrected chi connectivity index (χ0v) is 27.0. The molecule has 0 fully saturated rings. The van der Waals surface area contributed by atoms with Gasteiger partial charge in [0.25, 0.3) is 0 Å². The van der Waals surface area contributed by atoms with Crippen LogP contribution in [0.5, 0.6) is 0 Å². The average molecular weight is 558 g/mol. The Morgan fingerprint density at radius 1 is 0.810 bits per heavy atom. The maximum atomic E-state index is 5.01. The van der Waals surface area contributed by atoms with Crippen LogP contribution in [0.4, 0.5) is 5.69 Å². The van der Waals surface area contributed by atoms with Crippen LogP contribution in [0, 0.1) is 19.8 Å². The third-order valence-corrected chi connectivity index (χ3v) is 9.08. The summed E-state index contributed by atoms with van der Waals surface area (Å²) in [5.74, 6) is 0.411. The van der Waals surface area contributed by atoms with E-state index < -0.39 is 0 Å². The molecule has 0 heterocycles. The maximum Gasteiger partial charge on any atom is 0.0700 e. The fourth-order valence-corrected chi connectivity index (χ4v) is 6.27. The Balaban J connectivity index is 1.45. The van der Waals surface area contributed by atoms with E-state index in [1.165, 1.54) is 56.5 Å². The second-order valence-electron chi connectivity index (χ2n) is 12.3. The first kappa shape index (κ1) is 31.5. The predicted molar refractivity (Wildman–Crippen MR) is 185 cm³/mol. The number of aliphatic imine (C=N–C) groups is 1. The highest BCUT2D eigenvalue weighted by atomic mass is 14.7. The van der Waals surface area contributed by atoms with E-state index in [2.05, 4.69) is 115 Å². The highest BCUT2D eigenvalue weighted by Crippen LogP contribution is 2.29. The molecule has 3 aromatic rings. The fourth-order valence-electron chi connectivity index (χ4n) is 6.27. The molecule has 1 nitrogen and oxygen atoms in total. The SMILES string of the molecule is C=Cc1cc(CC)c(CCc2cccc(CCc3cc(C)c(C)cc3CC)c2)cc1N=CC(C)CC1=C(C)C=CCC1. The molecule has 220 valence electrons. The number of nitrogens with zero attached hydrogens (tertiary/aromatic N) is 1. The Morgan fingerprint density at radius 3 is 2.05 bits per heavy atom. The maximum absolute atomic E-state index is 5.01. The second kappa shape index (κ2) is 15.1. The van der Waals surface area contributed by atoms with Crippen molar-refractivity contribution >= 4 is 18.0 Å². The van der Waals surface area contributed by atoms with Crippen LogP contribution in [0.2, 0.25) is 0 Å². The minimum atomic E-state index is 0.411. The lowest BCUT2D eigenvalue weighted by Crippen LogP contribution is -2.02. The van der Waals surface area contributed by atoms with E-state index in [0.717, 1.165) is 62.6 Å². The molecule has 0 bridgehead atoms. The third-order valence-electron chi connectivity index (χ3n) is 9.08. The third kappa shape index (κ3) is 8.31. The van der Waals surface area contributed by atoms with Crippen molar-refractivity contribution in [1.82, 2.24) is 0 Å². The van der Waals surface area contributed by atoms with Gasteiger partial charge in [-0.25, -0.2) is 0 Å². The van der Waals surface area contributed by atoms with Crippen molar-refractivity contribution in [2.24, 2.45) is 10.9 Å². The van der Waals surface area contributed by atoms with Gasteiger partial charge in [0.2, 0.25) is 0 Å². The van der Waals surface area contributed by atoms with Crippen molar-refractivity contribution in [1.29, 1.82) is 0 Å². The number of rotatable bonds is 13. The van der Waals surface area contributed by atoms with E-state index >= 15 is 0 Å². The average Bonchev–Trinajstić information content (AvgIpc) is 3.00. The first-order chi connectivity index (χ1) is 20.3. The molecule has 1 heteroatoms. The van der Waals surface area contributed by atoms with Gasteiger partial charge in [0.05, 0.1) is 5.69 Å². The van der Waals surface area contributed by atoms with Gasteiger partial charge in [-0.05, 0) is 147 Å². The van der Waals surface area contributed by atoms with Gasteiger partial charge in [0, 0.05) is 6.21 Å². The van der Waals surface area contributed by atoms with Gasteiger partial charge in [-0.1, -0.05) is 93.1 Å². The molecule has 0 aliphatic heterocycles. The first-order valence-electron chi connectivity index (χ1n) is 16.2. The van der Waals surface area contributed by atoms with Crippen molar-refractivity contribution in [3.63, 3.8) is 0 Å². The minimum absolute atomic E-state index is 0.411. The Hall–Kier alpha value is -3.45. The van der Waals surface area contributed by atoms with Crippen LogP contribution in [-0.2, 0) is 38.5 Å². The van der Waals surface area contributed by atoms with Crippen molar-refractivity contribution in [3.8, 4) is 0 Å². The van der Waals surface area contributed by atoms with E-state index in [4.69, 9.17) is 4.99 Å². The molecular formula is C41H51N. The smallest absolute Gasteiger partial charge is 0.0700 e. The Kier molecular flexibility index (Phi) is 11.4. The molecule has 42 heavy (non-hydrogen) atoms. The van der Waals surface area contributed by atoms with Gasteiger partial charge in [0.15, 0.2) is 0 Å². The molecular weight excluding hydrogens is 506 g/mol. The molecule has 0 N–H and O–H groups in total. The van der Waals surface area contributed by atoms with Gasteiger partial charge in [-0.3, -0.25) is 4.99 Å². The Bertz CT molecular complexity index is 1480. The molecule has 0 spiro atoms. The number of hydrogen-bond acceptors (Lipinski definition) is 1. The zero-order valence-electron chi connectivity index (χ0n) is 27.0. The van der Waals surface area contributed by atoms with E-state index in [0.29, 0.717) is 5.92 Å². The van der Waals surface area contributed by atoms with Crippen LogP contribution in [0.1, 0.15) is 97.0 Å². The molecule has 1 aliphatic rings. The quantitative estimate of drug-likeness (QED) is 0.185. The molecule has 0 radical (unpaired) electrons. The summed E-state index contributed by atoms with van der Waals surface area (Å²) in [6, 6.07) is 18.7. The van der Waals surface area contributed by atoms with Crippen LogP contribution >= 0.6 is 0 Å². The topological polar surface area (TPSA) is 12.4 Å². The Labute approximate surface area is 256 Å². The summed E-state index contributed by atoms with van der Waals surface area (Å²) >= 11 is 0. The standard InChI is InChI=1S/C41H51N/c1-8-35-23-31(6)32(7)24-39(35)20-18-33-15-13-16-34(25-33)19-21-40-27-41(37(10-3)26-36(40)9-2)42-28-29(4)22-38-17-12-11-14-30(38)5/h10-11,13-16,23-29H,3,8-9,12,17-22H2,1-2,4-7H3. The van der Waals surface area contributed by atoms with Crippen molar-refractivity contribution in [2.75, 3.05) is 0 Å². The second-order valence-corrected chi connectivity index (χ2v) is 12.3. The van der Waals surface area contributed by atoms with Crippen molar-refractivity contribution in [3.05, 3.63) is 128 Å². The van der Waals surface area contributed by atoms with E-state index in [1.54, 1.807) is 5.57 Å². The minimum Gasteiger partial charge on any atom is -0.260 e. The summed E-state index contributed by atoms with van der Waals surface area (Å²) in [6.45, 7) is 17.6. The van der Waals surface area contributed by atoms with Gasteiger partial charge in [0.1, 0.15) is 0 Å². The lowest BCUT2D eigenvalue weighted by atomic mass is 9.91. The van der Waals surface area contributed by atoms with Crippen molar-refractivity contribution < 1.29 is 0 Å². The lowest BCUT2D eigenvalue weighted by Gasteiger charge is -2.16. The predicted octanol–water partition coefficient (Wildman–Crippen LogP) is 11.0. The first-order valence-corrected chi connectivity index (χ1v) is 16.2. The number of aryl methyl sites for hydroxylation is 8. The zero-order chi connectivity index (χ0) is 30.1. The van der Waals surface area contributed by atoms with Crippen LogP contribution in [-0.4, -0.2) is 6.21 Å². The molecule has 1 atom stereocenters. The Morgan fingerprint density at radius 2 is 1.43 bits per heavy atom. The molecule has 4 rings (SSSR count). The molecule has 1 unspecified atom stereocenters. The van der Waals surface area contributed by atoms with Crippen LogP contribution < -0.4 is 0 Å². The number of allylic oxidation sites excluding steroid dienone is 4. The van der Waals surface area contributed by atoms with Crippen LogP contribution in [0.15, 0.2) is 83.4 Å². The molecule has 1 aliphatic carbocycles. The summed E-state index contributed by atoms with van der Waals surface area (Å²) in [7, 11) is 0. The molecule has 3 aromatic carbocycles. The lowest BCUT2D eigenvalue weighted by molar-refractivity contribution is 0.725. The number of hydrogen-bond donors (Lipinski definition) is 0. The highest BCUT2D eigenvalue weighted by molar-refractivity contribution is 5.72. The van der Waals surface area contributed by atoms with Crippen LogP contribution in [0.25, 0.3) is 6.08 Å². The van der Waals surface area contributed by atoms with Gasteiger partial charge < -0.3 is 0 Å². The summed E-state index contributed by atoms with van der Waals surface area (Å²) in [4.78, 5) is 5.01. The van der Waals surface area contributed by atoms with E-state index in [-0.39, 0.29) is 0 Å². The largest absolute Gasteiger partial charge is 0.260 e. The van der Waals surface area contributed by atoms with E-state index in [1.807, 2.05) is 6.08 Å². The summed E-state index contributed by atoms with van der Waals surface area (Å²) < 4.78 is 0. The van der Waals surface area contributed by atoms with Gasteiger partial charge >= 0.3 is 0 Å². The van der Waals surface area contributed by atoms with Gasteiger partial charge in [-0.15, -0.1) is 0 Å². The monoisotopic (exact) mass is 557 g/mol. The summed E-state index contributed by atoms with van der Waals surface area (Å²) in [5, 5.41) is 0. The van der Waals surface area contributed by atoms with Gasteiger partial charge in [-0.2, -0.15) is 0 Å². The summed E-state index contributed by atoms with van der Waals surface area (Å²) in [5.41, 5.74) is 16.7. The normalized spacial score (nSPS) is 14.1. The highest BCUT2D eigenvalue weighted by Gasteiger charge is 2.11.